The van der Waals surface area contributed by atoms with Crippen LogP contribution in [0.15, 0.2) is 48.0 Å². The second-order valence-corrected chi connectivity index (χ2v) is 7.79. The van der Waals surface area contributed by atoms with E-state index in [0.717, 1.165) is 0 Å². The van der Waals surface area contributed by atoms with Gasteiger partial charge in [-0.3, -0.25) is 9.59 Å². The number of ether oxygens (including phenoxy) is 4. The zero-order chi connectivity index (χ0) is 24.1. The molecule has 1 N–H and O–H groups in total. The summed E-state index contributed by atoms with van der Waals surface area (Å²) in [6, 6.07) is 11.2. The number of carbonyl (C=O) groups excluding carboxylic acids is 2. The molecule has 3 rings (SSSR count). The fourth-order valence-corrected chi connectivity index (χ4v) is 3.79. The van der Waals surface area contributed by atoms with Crippen molar-refractivity contribution in [3.63, 3.8) is 0 Å². The number of ketones is 1. The summed E-state index contributed by atoms with van der Waals surface area (Å²) < 4.78 is 21.5. The molecule has 2 aromatic carbocycles. The Balaban J connectivity index is 2.17. The number of rotatable bonds is 9. The van der Waals surface area contributed by atoms with E-state index in [1.165, 1.54) is 26.2 Å². The molecule has 0 aliphatic carbocycles. The molecular formula is C25H29NO7. The molecule has 1 unspecified atom stereocenters. The number of amides is 1. The predicted molar refractivity (Wildman–Crippen MR) is 123 cm³/mol. The molecule has 8 heteroatoms. The molecule has 1 saturated heterocycles. The van der Waals surface area contributed by atoms with Crippen molar-refractivity contribution in [2.24, 2.45) is 0 Å². The molecule has 0 saturated carbocycles. The van der Waals surface area contributed by atoms with Gasteiger partial charge >= 0.3 is 0 Å². The third-order valence-electron chi connectivity index (χ3n) is 5.31. The number of benzene rings is 2. The maximum atomic E-state index is 13.1. The van der Waals surface area contributed by atoms with Crippen LogP contribution in [0.4, 0.5) is 0 Å². The highest BCUT2D eigenvalue weighted by atomic mass is 16.5. The van der Waals surface area contributed by atoms with Crippen LogP contribution in [0.5, 0.6) is 17.2 Å². The summed E-state index contributed by atoms with van der Waals surface area (Å²) in [5, 5.41) is 11.3. The van der Waals surface area contributed by atoms with Crippen LogP contribution < -0.4 is 14.2 Å². The monoisotopic (exact) mass is 455 g/mol. The van der Waals surface area contributed by atoms with Crippen molar-refractivity contribution in [3.8, 4) is 17.2 Å². The molecule has 8 nitrogen and oxygen atoms in total. The molecule has 2 aromatic rings. The lowest BCUT2D eigenvalue weighted by molar-refractivity contribution is -0.140. The molecular weight excluding hydrogens is 426 g/mol. The van der Waals surface area contributed by atoms with E-state index in [9.17, 15) is 14.7 Å². The molecule has 1 aliphatic heterocycles. The summed E-state index contributed by atoms with van der Waals surface area (Å²) in [6.45, 7) is 4.27. The van der Waals surface area contributed by atoms with Gasteiger partial charge in [-0.2, -0.15) is 0 Å². The molecule has 1 aliphatic rings. The summed E-state index contributed by atoms with van der Waals surface area (Å²) in [7, 11) is 4.47. The molecule has 176 valence electrons. The summed E-state index contributed by atoms with van der Waals surface area (Å²) in [6.07, 6.45) is 0.00344. The Morgan fingerprint density at radius 1 is 1.00 bits per heavy atom. The van der Waals surface area contributed by atoms with Crippen LogP contribution >= 0.6 is 0 Å². The highest BCUT2D eigenvalue weighted by Gasteiger charge is 2.46. The minimum atomic E-state index is -0.802. The molecule has 0 radical (unpaired) electrons. The Labute approximate surface area is 193 Å². The molecule has 0 spiro atoms. The molecule has 0 aromatic heterocycles. The van der Waals surface area contributed by atoms with Crippen LogP contribution in [-0.2, 0) is 14.3 Å². The van der Waals surface area contributed by atoms with E-state index in [0.29, 0.717) is 22.8 Å². The molecule has 0 bridgehead atoms. The predicted octanol–water partition coefficient (Wildman–Crippen LogP) is 3.56. The lowest BCUT2D eigenvalue weighted by Crippen LogP contribution is -2.32. The number of likely N-dealkylation sites (tertiary alicyclic amines) is 1. The highest BCUT2D eigenvalue weighted by molar-refractivity contribution is 6.46. The topological polar surface area (TPSA) is 94.5 Å². The van der Waals surface area contributed by atoms with Gasteiger partial charge in [0.25, 0.3) is 11.7 Å². The number of aliphatic hydroxyl groups excluding tert-OH is 1. The van der Waals surface area contributed by atoms with Gasteiger partial charge < -0.3 is 29.0 Å². The number of methoxy groups -OCH3 is 3. The Morgan fingerprint density at radius 2 is 1.67 bits per heavy atom. The van der Waals surface area contributed by atoms with Gasteiger partial charge in [0.1, 0.15) is 23.0 Å². The van der Waals surface area contributed by atoms with Gasteiger partial charge in [0, 0.05) is 13.7 Å². The number of hydrogen-bond donors (Lipinski definition) is 1. The second kappa shape index (κ2) is 10.4. The van der Waals surface area contributed by atoms with Crippen LogP contribution in [0.1, 0.15) is 31.0 Å². The molecule has 1 atom stereocenters. The zero-order valence-electron chi connectivity index (χ0n) is 19.5. The van der Waals surface area contributed by atoms with Gasteiger partial charge in [-0.1, -0.05) is 12.1 Å². The highest BCUT2D eigenvalue weighted by Crippen LogP contribution is 2.41. The summed E-state index contributed by atoms with van der Waals surface area (Å²) >= 11 is 0. The van der Waals surface area contributed by atoms with Crippen molar-refractivity contribution in [3.05, 3.63) is 59.2 Å². The SMILES string of the molecule is COCCN1C(=O)C(=O)/C(=C(/O)c2cc(OC)ccc2OC)C1c1ccc(OC(C)C)cc1. The number of aliphatic hydroxyl groups is 1. The average molecular weight is 456 g/mol. The van der Waals surface area contributed by atoms with Crippen LogP contribution in [-0.4, -0.2) is 62.3 Å². The maximum Gasteiger partial charge on any atom is 0.295 e. The lowest BCUT2D eigenvalue weighted by Gasteiger charge is -2.25. The Bertz CT molecular complexity index is 1040. The van der Waals surface area contributed by atoms with Crippen LogP contribution in [0.2, 0.25) is 0 Å². The number of carbonyl (C=O) groups is 2. The van der Waals surface area contributed by atoms with E-state index in [2.05, 4.69) is 0 Å². The minimum absolute atomic E-state index is 0.00344. The first kappa shape index (κ1) is 24.1. The average Bonchev–Trinajstić information content (AvgIpc) is 3.06. The first-order chi connectivity index (χ1) is 15.8. The molecule has 1 amide bonds. The van der Waals surface area contributed by atoms with E-state index in [4.69, 9.17) is 18.9 Å². The lowest BCUT2D eigenvalue weighted by atomic mass is 9.95. The quantitative estimate of drug-likeness (QED) is 0.351. The Morgan fingerprint density at radius 3 is 2.24 bits per heavy atom. The van der Waals surface area contributed by atoms with Gasteiger partial charge in [-0.05, 0) is 49.7 Å². The van der Waals surface area contributed by atoms with Gasteiger partial charge in [0.15, 0.2) is 0 Å². The van der Waals surface area contributed by atoms with Crippen LogP contribution in [0.25, 0.3) is 5.76 Å². The third kappa shape index (κ3) is 4.96. The minimum Gasteiger partial charge on any atom is -0.507 e. The first-order valence-electron chi connectivity index (χ1n) is 10.6. The van der Waals surface area contributed by atoms with Crippen molar-refractivity contribution >= 4 is 17.4 Å². The van der Waals surface area contributed by atoms with Gasteiger partial charge in [-0.15, -0.1) is 0 Å². The van der Waals surface area contributed by atoms with Crippen molar-refractivity contribution in [1.82, 2.24) is 4.90 Å². The van der Waals surface area contributed by atoms with E-state index in [1.54, 1.807) is 42.5 Å². The normalized spacial score (nSPS) is 17.5. The van der Waals surface area contributed by atoms with Crippen LogP contribution in [0.3, 0.4) is 0 Å². The standard InChI is InChI=1S/C25H29NO7/c1-15(2)33-17-8-6-16(7-9-17)22-21(24(28)25(29)26(22)12-13-30-3)23(27)19-14-18(31-4)10-11-20(19)32-5/h6-11,14-15,22,27H,12-13H2,1-5H3/b23-21+. The Kier molecular flexibility index (Phi) is 7.60. The van der Waals surface area contributed by atoms with E-state index < -0.39 is 17.7 Å². The van der Waals surface area contributed by atoms with E-state index in [-0.39, 0.29) is 36.2 Å². The van der Waals surface area contributed by atoms with Crippen molar-refractivity contribution in [2.75, 3.05) is 34.5 Å². The second-order valence-electron chi connectivity index (χ2n) is 7.79. The number of hydrogen-bond acceptors (Lipinski definition) is 7. The summed E-state index contributed by atoms with van der Waals surface area (Å²) in [5.74, 6) is -0.342. The largest absolute Gasteiger partial charge is 0.507 e. The number of nitrogens with zero attached hydrogens (tertiary/aromatic N) is 1. The first-order valence-corrected chi connectivity index (χ1v) is 10.6. The van der Waals surface area contributed by atoms with Crippen molar-refractivity contribution < 1.29 is 33.6 Å². The molecule has 1 fully saturated rings. The summed E-state index contributed by atoms with van der Waals surface area (Å²) in [5.41, 5.74) is 0.886. The van der Waals surface area contributed by atoms with Crippen LogP contribution in [0, 0.1) is 0 Å². The van der Waals surface area contributed by atoms with Crippen molar-refractivity contribution in [1.29, 1.82) is 0 Å². The summed E-state index contributed by atoms with van der Waals surface area (Å²) in [4.78, 5) is 27.4. The fourth-order valence-electron chi connectivity index (χ4n) is 3.79. The molecule has 33 heavy (non-hydrogen) atoms. The Hall–Kier alpha value is -3.52. The van der Waals surface area contributed by atoms with Crippen molar-refractivity contribution in [2.45, 2.75) is 26.0 Å². The third-order valence-corrected chi connectivity index (χ3v) is 5.31. The smallest absolute Gasteiger partial charge is 0.295 e. The number of Topliss-reactive ketones (excluding diaryl/α,β-unsaturated/α-hetero) is 1. The van der Waals surface area contributed by atoms with E-state index >= 15 is 0 Å². The van der Waals surface area contributed by atoms with Gasteiger partial charge in [0.05, 0.1) is 44.1 Å². The fraction of sp³-hybridized carbons (Fsp3) is 0.360. The van der Waals surface area contributed by atoms with Gasteiger partial charge in [-0.25, -0.2) is 0 Å². The van der Waals surface area contributed by atoms with E-state index in [1.807, 2.05) is 13.8 Å². The zero-order valence-corrected chi connectivity index (χ0v) is 19.5. The van der Waals surface area contributed by atoms with Gasteiger partial charge in [0.2, 0.25) is 0 Å². The maximum absolute atomic E-state index is 13.1. The molecule has 1 heterocycles.